The van der Waals surface area contributed by atoms with Crippen LogP contribution in [0.3, 0.4) is 0 Å². The lowest BCUT2D eigenvalue weighted by Crippen LogP contribution is -2.15. The lowest BCUT2D eigenvalue weighted by atomic mass is 10.2. The normalized spacial score (nSPS) is 10.8. The first-order valence-corrected chi connectivity index (χ1v) is 8.99. The number of hydrogen-bond acceptors (Lipinski definition) is 3. The molecule has 1 N–H and O–H groups in total. The van der Waals surface area contributed by atoms with Crippen molar-refractivity contribution >= 4 is 35.0 Å². The van der Waals surface area contributed by atoms with Crippen LogP contribution in [0.1, 0.15) is 32.3 Å². The molecule has 5 heteroatoms. The summed E-state index contributed by atoms with van der Waals surface area (Å²) >= 11 is 14.2. The molecule has 2 nitrogen and oxygen atoms in total. The third-order valence-electron chi connectivity index (χ3n) is 2.71. The highest BCUT2D eigenvalue weighted by atomic mass is 35.5. The molecule has 0 spiro atoms. The van der Waals surface area contributed by atoms with Gasteiger partial charge in [-0.15, -0.1) is 0 Å². The molecule has 0 bridgehead atoms. The van der Waals surface area contributed by atoms with E-state index < -0.39 is 0 Å². The van der Waals surface area contributed by atoms with Gasteiger partial charge in [0.05, 0.1) is 11.6 Å². The van der Waals surface area contributed by atoms with Gasteiger partial charge in [-0.25, -0.2) is 0 Å². The SMILES string of the molecule is CCCNCc1cc(Cl)cc(Cl)c1OCCCSCC. The van der Waals surface area contributed by atoms with Crippen LogP contribution in [0.2, 0.25) is 10.0 Å². The molecule has 0 aliphatic carbocycles. The molecule has 0 amide bonds. The molecule has 0 saturated carbocycles. The van der Waals surface area contributed by atoms with Gasteiger partial charge in [0.2, 0.25) is 0 Å². The highest BCUT2D eigenvalue weighted by molar-refractivity contribution is 7.99. The lowest BCUT2D eigenvalue weighted by Gasteiger charge is -2.14. The van der Waals surface area contributed by atoms with Crippen LogP contribution in [-0.2, 0) is 6.54 Å². The van der Waals surface area contributed by atoms with Crippen LogP contribution < -0.4 is 10.1 Å². The van der Waals surface area contributed by atoms with Crippen LogP contribution in [-0.4, -0.2) is 24.7 Å². The first-order chi connectivity index (χ1) is 9.69. The summed E-state index contributed by atoms with van der Waals surface area (Å²) in [6.07, 6.45) is 2.12. The van der Waals surface area contributed by atoms with Gasteiger partial charge >= 0.3 is 0 Å². The Morgan fingerprint density at radius 2 is 2.05 bits per heavy atom. The minimum absolute atomic E-state index is 0.592. The second-order valence-corrected chi connectivity index (χ2v) is 6.69. The zero-order valence-electron chi connectivity index (χ0n) is 12.2. The predicted molar refractivity (Wildman–Crippen MR) is 91.6 cm³/mol. The molecule has 20 heavy (non-hydrogen) atoms. The summed E-state index contributed by atoms with van der Waals surface area (Å²) < 4.78 is 5.86. The van der Waals surface area contributed by atoms with Crippen molar-refractivity contribution in [3.8, 4) is 5.75 Å². The Kier molecular flexibility index (Phi) is 9.53. The molecule has 0 aliphatic rings. The minimum Gasteiger partial charge on any atom is -0.492 e. The molecule has 0 aliphatic heterocycles. The standard InChI is InChI=1S/C15H23Cl2NOS/c1-3-6-18-11-12-9-13(16)10-14(17)15(12)19-7-5-8-20-4-2/h9-10,18H,3-8,11H2,1-2H3. The van der Waals surface area contributed by atoms with E-state index in [2.05, 4.69) is 19.2 Å². The average Bonchev–Trinajstić information content (AvgIpc) is 2.41. The molecule has 0 unspecified atom stereocenters. The Bertz CT molecular complexity index is 402. The van der Waals surface area contributed by atoms with E-state index in [1.807, 2.05) is 17.8 Å². The summed E-state index contributed by atoms with van der Waals surface area (Å²) in [7, 11) is 0. The summed E-state index contributed by atoms with van der Waals surface area (Å²) in [6, 6.07) is 3.66. The van der Waals surface area contributed by atoms with Crippen molar-refractivity contribution in [3.05, 3.63) is 27.7 Å². The third-order valence-corrected chi connectivity index (χ3v) is 4.20. The van der Waals surface area contributed by atoms with Crippen LogP contribution in [0.15, 0.2) is 12.1 Å². The highest BCUT2D eigenvalue weighted by Gasteiger charge is 2.10. The molecular weight excluding hydrogens is 313 g/mol. The maximum absolute atomic E-state index is 6.25. The van der Waals surface area contributed by atoms with Gasteiger partial charge in [0, 0.05) is 17.1 Å². The fourth-order valence-corrected chi connectivity index (χ4v) is 2.99. The Balaban J connectivity index is 2.61. The summed E-state index contributed by atoms with van der Waals surface area (Å²) in [5, 5.41) is 4.60. The molecule has 1 rings (SSSR count). The molecule has 1 aromatic rings. The van der Waals surface area contributed by atoms with Crippen molar-refractivity contribution < 1.29 is 4.74 Å². The van der Waals surface area contributed by atoms with Gasteiger partial charge < -0.3 is 10.1 Å². The summed E-state index contributed by atoms with van der Waals surface area (Å²) in [4.78, 5) is 0. The van der Waals surface area contributed by atoms with Crippen molar-refractivity contribution in [3.63, 3.8) is 0 Å². The van der Waals surface area contributed by atoms with E-state index >= 15 is 0 Å². The largest absolute Gasteiger partial charge is 0.492 e. The fourth-order valence-electron chi connectivity index (χ4n) is 1.79. The Labute approximate surface area is 136 Å². The Hall–Kier alpha value is -0.0900. The molecule has 0 saturated heterocycles. The quantitative estimate of drug-likeness (QED) is 0.607. The van der Waals surface area contributed by atoms with E-state index in [9.17, 15) is 0 Å². The summed E-state index contributed by atoms with van der Waals surface area (Å²) in [5.41, 5.74) is 1.03. The smallest absolute Gasteiger partial charge is 0.142 e. The van der Waals surface area contributed by atoms with Crippen LogP contribution >= 0.6 is 35.0 Å². The predicted octanol–water partition coefficient (Wildman–Crippen LogP) is 5.02. The van der Waals surface area contributed by atoms with Crippen LogP contribution in [0.5, 0.6) is 5.75 Å². The van der Waals surface area contributed by atoms with Gasteiger partial charge in [-0.1, -0.05) is 37.0 Å². The lowest BCUT2D eigenvalue weighted by molar-refractivity contribution is 0.315. The van der Waals surface area contributed by atoms with Gasteiger partial charge in [-0.05, 0) is 43.0 Å². The summed E-state index contributed by atoms with van der Waals surface area (Å²) in [6.45, 7) is 6.69. The van der Waals surface area contributed by atoms with Crippen molar-refractivity contribution in [1.29, 1.82) is 0 Å². The van der Waals surface area contributed by atoms with Crippen molar-refractivity contribution in [2.45, 2.75) is 33.2 Å². The number of ether oxygens (including phenoxy) is 1. The monoisotopic (exact) mass is 335 g/mol. The molecule has 114 valence electrons. The van der Waals surface area contributed by atoms with Gasteiger partial charge in [0.15, 0.2) is 0 Å². The van der Waals surface area contributed by atoms with Crippen molar-refractivity contribution in [1.82, 2.24) is 5.32 Å². The van der Waals surface area contributed by atoms with Crippen molar-refractivity contribution in [2.24, 2.45) is 0 Å². The second kappa shape index (κ2) is 10.6. The van der Waals surface area contributed by atoms with Gasteiger partial charge in [-0.2, -0.15) is 11.8 Å². The molecular formula is C15H23Cl2NOS. The molecule has 0 atom stereocenters. The van der Waals surface area contributed by atoms with E-state index in [1.165, 1.54) is 0 Å². The summed E-state index contributed by atoms with van der Waals surface area (Å²) in [5.74, 6) is 3.03. The van der Waals surface area contributed by atoms with E-state index in [-0.39, 0.29) is 0 Å². The number of nitrogens with one attached hydrogen (secondary N) is 1. The van der Waals surface area contributed by atoms with E-state index in [1.54, 1.807) is 6.07 Å². The number of halogens is 2. The molecule has 0 aromatic heterocycles. The first-order valence-electron chi connectivity index (χ1n) is 7.08. The van der Waals surface area contributed by atoms with Crippen LogP contribution in [0.4, 0.5) is 0 Å². The highest BCUT2D eigenvalue weighted by Crippen LogP contribution is 2.32. The van der Waals surface area contributed by atoms with Crippen molar-refractivity contribution in [2.75, 3.05) is 24.7 Å². The fraction of sp³-hybridized carbons (Fsp3) is 0.600. The van der Waals surface area contributed by atoms with Crippen LogP contribution in [0.25, 0.3) is 0 Å². The van der Waals surface area contributed by atoms with E-state index in [0.29, 0.717) is 16.7 Å². The third kappa shape index (κ3) is 6.57. The number of benzene rings is 1. The second-order valence-electron chi connectivity index (χ2n) is 4.45. The van der Waals surface area contributed by atoms with Gasteiger partial charge in [-0.3, -0.25) is 0 Å². The first kappa shape index (κ1) is 18.0. The van der Waals surface area contributed by atoms with Gasteiger partial charge in [0.1, 0.15) is 5.75 Å². The van der Waals surface area contributed by atoms with Crippen LogP contribution in [0, 0.1) is 0 Å². The number of rotatable bonds is 10. The molecule has 0 heterocycles. The average molecular weight is 336 g/mol. The molecule has 0 radical (unpaired) electrons. The maximum Gasteiger partial charge on any atom is 0.142 e. The number of hydrogen-bond donors (Lipinski definition) is 1. The Morgan fingerprint density at radius 1 is 1.25 bits per heavy atom. The van der Waals surface area contributed by atoms with E-state index in [0.717, 1.165) is 48.7 Å². The molecule has 1 aromatic carbocycles. The van der Waals surface area contributed by atoms with Gasteiger partial charge in [0.25, 0.3) is 0 Å². The minimum atomic E-state index is 0.592. The van der Waals surface area contributed by atoms with E-state index in [4.69, 9.17) is 27.9 Å². The zero-order valence-corrected chi connectivity index (χ0v) is 14.5. The number of thioether (sulfide) groups is 1. The maximum atomic E-state index is 6.25. The zero-order chi connectivity index (χ0) is 14.8. The Morgan fingerprint density at radius 3 is 2.75 bits per heavy atom. The molecule has 0 fully saturated rings. The topological polar surface area (TPSA) is 21.3 Å².